The fraction of sp³-hybridized carbons (Fsp3) is 0.200. The van der Waals surface area contributed by atoms with Crippen molar-refractivity contribution in [3.05, 3.63) is 71.3 Å². The molecule has 96 valence electrons. The van der Waals surface area contributed by atoms with E-state index in [2.05, 4.69) is 11.4 Å². The molecule has 0 fully saturated rings. The van der Waals surface area contributed by atoms with E-state index in [1.807, 2.05) is 48.5 Å². The molecule has 3 rings (SSSR count). The summed E-state index contributed by atoms with van der Waals surface area (Å²) in [5, 5.41) is 3.29. The second-order valence-corrected chi connectivity index (χ2v) is 5.96. The first kappa shape index (κ1) is 12.5. The molecule has 3 nitrogen and oxygen atoms in total. The molecule has 4 heteroatoms. The average Bonchev–Trinajstić information content (AvgIpc) is 2.47. The molecule has 0 bridgehead atoms. The van der Waals surface area contributed by atoms with Gasteiger partial charge in [-0.2, -0.15) is 4.89 Å². The zero-order chi connectivity index (χ0) is 13.2. The summed E-state index contributed by atoms with van der Waals surface area (Å²) in [6, 6.07) is 18.1. The molecular weight excluding hydrogens is 257 g/mol. The lowest BCUT2D eigenvalue weighted by Crippen LogP contribution is -2.37. The van der Waals surface area contributed by atoms with Crippen LogP contribution in [0.3, 0.4) is 0 Å². The number of fused-ring (bicyclic) bond motifs is 1. The van der Waals surface area contributed by atoms with Gasteiger partial charge in [-0.05, 0) is 21.3 Å². The Balaban J connectivity index is 2.06. The van der Waals surface area contributed by atoms with Gasteiger partial charge in [-0.1, -0.05) is 54.6 Å². The molecule has 0 aromatic heterocycles. The van der Waals surface area contributed by atoms with Crippen molar-refractivity contribution in [2.24, 2.45) is 0 Å². The molecule has 0 spiro atoms. The van der Waals surface area contributed by atoms with E-state index < -0.39 is 8.03 Å². The number of nitrogens with one attached hydrogen (secondary N) is 1. The van der Waals surface area contributed by atoms with Crippen LogP contribution in [0.5, 0.6) is 0 Å². The predicted molar refractivity (Wildman–Crippen MR) is 75.2 cm³/mol. The third-order valence-electron chi connectivity index (χ3n) is 3.54. The van der Waals surface area contributed by atoms with Crippen molar-refractivity contribution in [1.29, 1.82) is 0 Å². The van der Waals surface area contributed by atoms with Crippen molar-refractivity contribution in [2.75, 3.05) is 0 Å². The maximum absolute atomic E-state index is 11.4. The highest BCUT2D eigenvalue weighted by molar-refractivity contribution is 7.38. The van der Waals surface area contributed by atoms with Gasteiger partial charge in [0, 0.05) is 6.42 Å². The van der Waals surface area contributed by atoms with E-state index >= 15 is 0 Å². The largest absolute Gasteiger partial charge is 0.525 e. The van der Waals surface area contributed by atoms with Crippen LogP contribution in [-0.2, 0) is 11.0 Å². The van der Waals surface area contributed by atoms with Gasteiger partial charge in [-0.3, -0.25) is 5.32 Å². The minimum absolute atomic E-state index is 0.0118. The molecule has 0 amide bonds. The summed E-state index contributed by atoms with van der Waals surface area (Å²) in [6.07, 6.45) is 0.602. The molecule has 0 saturated carbocycles. The smallest absolute Gasteiger partial charge is 0.260 e. The summed E-state index contributed by atoms with van der Waals surface area (Å²) < 4.78 is 11.4. The van der Waals surface area contributed by atoms with E-state index in [1.165, 1.54) is 5.56 Å². The quantitative estimate of drug-likeness (QED) is 0.826. The molecule has 3 unspecified atom stereocenters. The molecule has 1 aliphatic rings. The molecule has 0 radical (unpaired) electrons. The normalized spacial score (nSPS) is 22.7. The molecule has 2 aromatic carbocycles. The Kier molecular flexibility index (Phi) is 3.43. The molecule has 3 atom stereocenters. The van der Waals surface area contributed by atoms with Crippen LogP contribution >= 0.6 is 8.03 Å². The molecule has 2 aromatic rings. The van der Waals surface area contributed by atoms with Crippen molar-refractivity contribution in [3.63, 3.8) is 0 Å². The SMILES string of the molecule is O=[P+](O)C1Cc2ccccc2C(c2ccccc2)N1. The standard InChI is InChI=1S/C15H14NO2P/c17-19(18)14-10-12-8-4-5-9-13(12)15(16-14)11-6-2-1-3-7-11/h1-9,14-16H,10H2/p+1. The maximum Gasteiger partial charge on any atom is 0.525 e. The third kappa shape index (κ3) is 2.45. The summed E-state index contributed by atoms with van der Waals surface area (Å²) in [4.78, 5) is 9.41. The Labute approximate surface area is 113 Å². The fourth-order valence-electron chi connectivity index (χ4n) is 2.61. The van der Waals surface area contributed by atoms with Gasteiger partial charge in [0.2, 0.25) is 5.78 Å². The summed E-state index contributed by atoms with van der Waals surface area (Å²) in [6.45, 7) is 0. The predicted octanol–water partition coefficient (Wildman–Crippen LogP) is 2.98. The Morgan fingerprint density at radius 2 is 1.74 bits per heavy atom. The molecule has 0 aliphatic carbocycles. The maximum atomic E-state index is 11.4. The van der Waals surface area contributed by atoms with Crippen LogP contribution in [0.1, 0.15) is 22.7 Å². The zero-order valence-electron chi connectivity index (χ0n) is 10.4. The lowest BCUT2D eigenvalue weighted by atomic mass is 9.90. The van der Waals surface area contributed by atoms with Crippen LogP contribution in [-0.4, -0.2) is 10.7 Å². The summed E-state index contributed by atoms with van der Waals surface area (Å²) in [5.74, 6) is -0.380. The minimum Gasteiger partial charge on any atom is -0.260 e. The van der Waals surface area contributed by atoms with E-state index in [1.54, 1.807) is 0 Å². The first-order chi connectivity index (χ1) is 9.25. The van der Waals surface area contributed by atoms with Crippen LogP contribution < -0.4 is 5.32 Å². The first-order valence-corrected chi connectivity index (χ1v) is 7.58. The van der Waals surface area contributed by atoms with Gasteiger partial charge in [0.05, 0.1) is 6.04 Å². The van der Waals surface area contributed by atoms with Crippen molar-refractivity contribution in [1.82, 2.24) is 5.32 Å². The van der Waals surface area contributed by atoms with E-state index in [-0.39, 0.29) is 11.8 Å². The van der Waals surface area contributed by atoms with E-state index in [0.29, 0.717) is 6.42 Å². The minimum atomic E-state index is -2.22. The van der Waals surface area contributed by atoms with Gasteiger partial charge in [-0.15, -0.1) is 0 Å². The van der Waals surface area contributed by atoms with Gasteiger partial charge in [0.1, 0.15) is 0 Å². The highest BCUT2D eigenvalue weighted by Gasteiger charge is 2.37. The van der Waals surface area contributed by atoms with Crippen molar-refractivity contribution < 1.29 is 9.46 Å². The number of rotatable bonds is 2. The van der Waals surface area contributed by atoms with Crippen LogP contribution in [0.15, 0.2) is 54.6 Å². The fourth-order valence-corrected chi connectivity index (χ4v) is 3.24. The van der Waals surface area contributed by atoms with Crippen LogP contribution in [0.25, 0.3) is 0 Å². The Hall–Kier alpha value is -1.54. The number of hydrogen-bond acceptors (Lipinski definition) is 2. The first-order valence-electron chi connectivity index (χ1n) is 6.30. The second-order valence-electron chi connectivity index (χ2n) is 4.73. The van der Waals surface area contributed by atoms with Gasteiger partial charge >= 0.3 is 8.03 Å². The van der Waals surface area contributed by atoms with E-state index in [4.69, 9.17) is 0 Å². The summed E-state index contributed by atoms with van der Waals surface area (Å²) >= 11 is 0. The molecule has 2 N–H and O–H groups in total. The lowest BCUT2D eigenvalue weighted by molar-refractivity contribution is 0.445. The lowest BCUT2D eigenvalue weighted by Gasteiger charge is -2.28. The summed E-state index contributed by atoms with van der Waals surface area (Å²) in [5.41, 5.74) is 3.47. The molecule has 1 heterocycles. The molecule has 1 aliphatic heterocycles. The van der Waals surface area contributed by atoms with E-state index in [9.17, 15) is 9.46 Å². The average molecular weight is 272 g/mol. The van der Waals surface area contributed by atoms with Gasteiger partial charge in [0.15, 0.2) is 0 Å². The highest BCUT2D eigenvalue weighted by Crippen LogP contribution is 2.36. The van der Waals surface area contributed by atoms with Crippen molar-refractivity contribution in [3.8, 4) is 0 Å². The highest BCUT2D eigenvalue weighted by atomic mass is 31.1. The van der Waals surface area contributed by atoms with Crippen LogP contribution in [0, 0.1) is 0 Å². The second kappa shape index (κ2) is 5.22. The molecule has 19 heavy (non-hydrogen) atoms. The Morgan fingerprint density at radius 3 is 2.47 bits per heavy atom. The molecule has 0 saturated heterocycles. The Morgan fingerprint density at radius 1 is 1.05 bits per heavy atom. The zero-order valence-corrected chi connectivity index (χ0v) is 11.3. The Bertz CT molecular complexity index is 600. The molecular formula is C15H15NO2P+. The summed E-state index contributed by atoms with van der Waals surface area (Å²) in [7, 11) is -2.22. The van der Waals surface area contributed by atoms with Crippen LogP contribution in [0.2, 0.25) is 0 Å². The van der Waals surface area contributed by atoms with Crippen molar-refractivity contribution >= 4 is 8.03 Å². The van der Waals surface area contributed by atoms with Crippen molar-refractivity contribution in [2.45, 2.75) is 18.2 Å². The van der Waals surface area contributed by atoms with Gasteiger partial charge in [0.25, 0.3) is 0 Å². The van der Waals surface area contributed by atoms with Gasteiger partial charge < -0.3 is 0 Å². The topological polar surface area (TPSA) is 49.3 Å². The van der Waals surface area contributed by atoms with E-state index in [0.717, 1.165) is 11.1 Å². The third-order valence-corrected chi connectivity index (χ3v) is 4.40. The van der Waals surface area contributed by atoms with Crippen LogP contribution in [0.4, 0.5) is 0 Å². The monoisotopic (exact) mass is 272 g/mol. The van der Waals surface area contributed by atoms with Gasteiger partial charge in [-0.25, -0.2) is 0 Å². The number of hydrogen-bond donors (Lipinski definition) is 2. The number of benzene rings is 2.